The molecule has 2 amide bonds. The van der Waals surface area contributed by atoms with E-state index in [9.17, 15) is 9.59 Å². The predicted octanol–water partition coefficient (Wildman–Crippen LogP) is 2.52. The number of hydrogen-bond acceptors (Lipinski definition) is 3. The van der Waals surface area contributed by atoms with Crippen LogP contribution < -0.4 is 0 Å². The number of furan rings is 1. The monoisotopic (exact) mass is 330 g/mol. The van der Waals surface area contributed by atoms with Crippen LogP contribution in [-0.2, 0) is 16.0 Å². The molecule has 1 saturated carbocycles. The molecule has 2 atom stereocenters. The van der Waals surface area contributed by atoms with Crippen molar-refractivity contribution in [3.05, 3.63) is 23.7 Å². The summed E-state index contributed by atoms with van der Waals surface area (Å²) in [6, 6.07) is 4.76. The van der Waals surface area contributed by atoms with Crippen molar-refractivity contribution in [2.75, 3.05) is 13.1 Å². The fourth-order valence-corrected chi connectivity index (χ4v) is 4.35. The molecule has 2 aliphatic heterocycles. The van der Waals surface area contributed by atoms with Crippen molar-refractivity contribution in [2.24, 2.45) is 5.92 Å². The van der Waals surface area contributed by atoms with E-state index in [1.54, 1.807) is 0 Å². The molecule has 5 heteroatoms. The molecule has 3 fully saturated rings. The lowest BCUT2D eigenvalue weighted by atomic mass is 9.83. The molecule has 0 radical (unpaired) electrons. The van der Waals surface area contributed by atoms with Crippen LogP contribution in [0.4, 0.5) is 0 Å². The van der Waals surface area contributed by atoms with Gasteiger partial charge in [-0.2, -0.15) is 0 Å². The summed E-state index contributed by atoms with van der Waals surface area (Å²) in [6.07, 6.45) is 6.05. The number of carbonyl (C=O) groups excluding carboxylic acids is 2. The summed E-state index contributed by atoms with van der Waals surface area (Å²) in [5.41, 5.74) is 0. The molecule has 130 valence electrons. The highest BCUT2D eigenvalue weighted by Gasteiger charge is 2.45. The van der Waals surface area contributed by atoms with Gasteiger partial charge in [0.05, 0.1) is 0 Å². The summed E-state index contributed by atoms with van der Waals surface area (Å²) < 4.78 is 5.55. The Morgan fingerprint density at radius 3 is 2.79 bits per heavy atom. The number of aryl methyl sites for hydroxylation is 2. The van der Waals surface area contributed by atoms with E-state index < -0.39 is 0 Å². The molecule has 1 aromatic rings. The Morgan fingerprint density at radius 1 is 1.25 bits per heavy atom. The SMILES string of the molecule is Cc1ccc(CCC(=O)N2CC[C@H]3[C@H](CCC(=O)N3C3CC3)C2)o1. The smallest absolute Gasteiger partial charge is 0.223 e. The highest BCUT2D eigenvalue weighted by atomic mass is 16.3. The maximum Gasteiger partial charge on any atom is 0.223 e. The van der Waals surface area contributed by atoms with Crippen molar-refractivity contribution < 1.29 is 14.0 Å². The van der Waals surface area contributed by atoms with Gasteiger partial charge in [-0.3, -0.25) is 9.59 Å². The lowest BCUT2D eigenvalue weighted by molar-refractivity contribution is -0.145. The maximum absolute atomic E-state index is 12.5. The summed E-state index contributed by atoms with van der Waals surface area (Å²) in [5.74, 6) is 2.81. The van der Waals surface area contributed by atoms with Crippen LogP contribution in [0, 0.1) is 12.8 Å². The van der Waals surface area contributed by atoms with E-state index in [-0.39, 0.29) is 5.91 Å². The average molecular weight is 330 g/mol. The van der Waals surface area contributed by atoms with Gasteiger partial charge < -0.3 is 14.2 Å². The summed E-state index contributed by atoms with van der Waals surface area (Å²) in [7, 11) is 0. The largest absolute Gasteiger partial charge is 0.466 e. The highest BCUT2D eigenvalue weighted by molar-refractivity contribution is 5.79. The molecule has 4 rings (SSSR count). The van der Waals surface area contributed by atoms with Crippen molar-refractivity contribution >= 4 is 11.8 Å². The molecule has 5 nitrogen and oxygen atoms in total. The standard InChI is InChI=1S/C19H26N2O3/c1-13-2-6-16(24-13)7-9-18(22)20-11-10-17-14(12-20)3-8-19(23)21(17)15-4-5-15/h2,6,14-15,17H,3-5,7-12H2,1H3/t14-,17+/m1/s1. The first-order chi connectivity index (χ1) is 11.6. The number of amides is 2. The number of fused-ring (bicyclic) bond motifs is 1. The Hall–Kier alpha value is -1.78. The van der Waals surface area contributed by atoms with Crippen LogP contribution >= 0.6 is 0 Å². The van der Waals surface area contributed by atoms with E-state index >= 15 is 0 Å². The minimum atomic E-state index is 0.220. The van der Waals surface area contributed by atoms with Crippen LogP contribution in [0.5, 0.6) is 0 Å². The van der Waals surface area contributed by atoms with Gasteiger partial charge in [0, 0.05) is 44.4 Å². The normalized spacial score (nSPS) is 27.3. The van der Waals surface area contributed by atoms with Crippen molar-refractivity contribution in [2.45, 2.75) is 64.0 Å². The van der Waals surface area contributed by atoms with Crippen molar-refractivity contribution in [3.8, 4) is 0 Å². The second-order valence-corrected chi connectivity index (χ2v) is 7.54. The minimum absolute atomic E-state index is 0.220. The zero-order valence-electron chi connectivity index (χ0n) is 14.4. The van der Waals surface area contributed by atoms with Gasteiger partial charge in [0.2, 0.25) is 11.8 Å². The quantitative estimate of drug-likeness (QED) is 0.852. The lowest BCUT2D eigenvalue weighted by Gasteiger charge is -2.47. The molecule has 1 aliphatic carbocycles. The fourth-order valence-electron chi connectivity index (χ4n) is 4.35. The molecule has 0 unspecified atom stereocenters. The Kier molecular flexibility index (Phi) is 4.10. The lowest BCUT2D eigenvalue weighted by Crippen LogP contribution is -2.57. The molecule has 3 heterocycles. The third-order valence-corrected chi connectivity index (χ3v) is 5.74. The van der Waals surface area contributed by atoms with Crippen LogP contribution in [0.2, 0.25) is 0 Å². The molecule has 0 N–H and O–H groups in total. The van der Waals surface area contributed by atoms with Gasteiger partial charge in [-0.05, 0) is 50.7 Å². The van der Waals surface area contributed by atoms with Crippen LogP contribution in [0.3, 0.4) is 0 Å². The summed E-state index contributed by atoms with van der Waals surface area (Å²) in [5, 5.41) is 0. The zero-order valence-corrected chi connectivity index (χ0v) is 14.4. The van der Waals surface area contributed by atoms with Crippen LogP contribution in [0.15, 0.2) is 16.5 Å². The average Bonchev–Trinajstić information content (AvgIpc) is 3.33. The Morgan fingerprint density at radius 2 is 2.08 bits per heavy atom. The summed E-state index contributed by atoms with van der Waals surface area (Å²) in [6.45, 7) is 3.52. The van der Waals surface area contributed by atoms with Gasteiger partial charge >= 0.3 is 0 Å². The van der Waals surface area contributed by atoms with Gasteiger partial charge in [0.1, 0.15) is 11.5 Å². The summed E-state index contributed by atoms with van der Waals surface area (Å²) >= 11 is 0. The van der Waals surface area contributed by atoms with Crippen LogP contribution in [-0.4, -0.2) is 46.8 Å². The number of piperidine rings is 2. The van der Waals surface area contributed by atoms with Crippen molar-refractivity contribution in [1.82, 2.24) is 9.80 Å². The van der Waals surface area contributed by atoms with E-state index in [1.165, 1.54) is 12.8 Å². The van der Waals surface area contributed by atoms with Gasteiger partial charge in [-0.1, -0.05) is 0 Å². The first-order valence-corrected chi connectivity index (χ1v) is 9.26. The number of likely N-dealkylation sites (tertiary alicyclic amines) is 2. The molecule has 3 aliphatic rings. The molecular weight excluding hydrogens is 304 g/mol. The number of nitrogens with zero attached hydrogens (tertiary/aromatic N) is 2. The highest BCUT2D eigenvalue weighted by Crippen LogP contribution is 2.39. The van der Waals surface area contributed by atoms with E-state index in [2.05, 4.69) is 4.90 Å². The van der Waals surface area contributed by atoms with Gasteiger partial charge in [-0.25, -0.2) is 0 Å². The van der Waals surface area contributed by atoms with E-state index in [1.807, 2.05) is 24.0 Å². The molecule has 2 saturated heterocycles. The zero-order chi connectivity index (χ0) is 16.7. The first-order valence-electron chi connectivity index (χ1n) is 9.26. The minimum Gasteiger partial charge on any atom is -0.466 e. The Balaban J connectivity index is 1.34. The van der Waals surface area contributed by atoms with Crippen molar-refractivity contribution in [1.29, 1.82) is 0 Å². The Bertz CT molecular complexity index is 634. The maximum atomic E-state index is 12.5. The van der Waals surface area contributed by atoms with Gasteiger partial charge in [0.25, 0.3) is 0 Å². The van der Waals surface area contributed by atoms with Gasteiger partial charge in [0.15, 0.2) is 0 Å². The predicted molar refractivity (Wildman–Crippen MR) is 89.3 cm³/mol. The van der Waals surface area contributed by atoms with E-state index in [0.717, 1.165) is 37.5 Å². The second kappa shape index (κ2) is 6.26. The molecule has 0 bridgehead atoms. The third-order valence-electron chi connectivity index (χ3n) is 5.74. The van der Waals surface area contributed by atoms with Crippen molar-refractivity contribution in [3.63, 3.8) is 0 Å². The molecule has 0 spiro atoms. The Labute approximate surface area is 143 Å². The van der Waals surface area contributed by atoms with E-state index in [4.69, 9.17) is 4.42 Å². The first kappa shape index (κ1) is 15.7. The fraction of sp³-hybridized carbons (Fsp3) is 0.684. The molecule has 0 aromatic carbocycles. The van der Waals surface area contributed by atoms with Crippen LogP contribution in [0.1, 0.15) is 50.0 Å². The van der Waals surface area contributed by atoms with E-state index in [0.29, 0.717) is 43.2 Å². The topological polar surface area (TPSA) is 53.8 Å². The number of hydrogen-bond donors (Lipinski definition) is 0. The third kappa shape index (κ3) is 3.08. The van der Waals surface area contributed by atoms with Crippen LogP contribution in [0.25, 0.3) is 0 Å². The molecule has 24 heavy (non-hydrogen) atoms. The molecular formula is C19H26N2O3. The van der Waals surface area contributed by atoms with Gasteiger partial charge in [-0.15, -0.1) is 0 Å². The molecule has 1 aromatic heterocycles. The summed E-state index contributed by atoms with van der Waals surface area (Å²) in [4.78, 5) is 29.0. The second-order valence-electron chi connectivity index (χ2n) is 7.54. The number of rotatable bonds is 4. The number of carbonyl (C=O) groups is 2.